The van der Waals surface area contributed by atoms with Gasteiger partial charge in [-0.3, -0.25) is 9.59 Å². The van der Waals surface area contributed by atoms with Crippen molar-refractivity contribution in [1.82, 2.24) is 4.90 Å². The minimum Gasteiger partial charge on any atom is -0.378 e. The van der Waals surface area contributed by atoms with Crippen LogP contribution >= 0.6 is 0 Å². The first-order chi connectivity index (χ1) is 14.9. The molecule has 2 heterocycles. The van der Waals surface area contributed by atoms with E-state index in [2.05, 4.69) is 36.1 Å². The number of hydrogen-bond acceptors (Lipinski definition) is 4. The monoisotopic (exact) mass is 421 g/mol. The number of carbonyl (C=O) groups is 2. The van der Waals surface area contributed by atoms with Crippen molar-refractivity contribution < 1.29 is 14.3 Å². The van der Waals surface area contributed by atoms with Gasteiger partial charge < -0.3 is 19.4 Å². The minimum absolute atomic E-state index is 0.0947. The second-order valence-corrected chi connectivity index (χ2v) is 8.56. The number of aryl methyl sites for hydroxylation is 2. The van der Waals surface area contributed by atoms with Gasteiger partial charge in [0.15, 0.2) is 0 Å². The zero-order valence-corrected chi connectivity index (χ0v) is 18.6. The van der Waals surface area contributed by atoms with Gasteiger partial charge in [-0.15, -0.1) is 0 Å². The molecule has 0 radical (unpaired) electrons. The lowest BCUT2D eigenvalue weighted by Crippen LogP contribution is -2.38. The molecule has 2 aromatic rings. The Morgan fingerprint density at radius 2 is 1.68 bits per heavy atom. The van der Waals surface area contributed by atoms with Crippen LogP contribution in [0.5, 0.6) is 0 Å². The summed E-state index contributed by atoms with van der Waals surface area (Å²) in [7, 11) is 1.78. The van der Waals surface area contributed by atoms with Crippen LogP contribution in [0.3, 0.4) is 0 Å². The third-order valence-corrected chi connectivity index (χ3v) is 6.41. The number of carbonyl (C=O) groups excluding carboxylic acids is 2. The molecule has 164 valence electrons. The Morgan fingerprint density at radius 1 is 1.00 bits per heavy atom. The van der Waals surface area contributed by atoms with Gasteiger partial charge in [-0.2, -0.15) is 0 Å². The Hall–Kier alpha value is -2.86. The van der Waals surface area contributed by atoms with Crippen molar-refractivity contribution in [3.63, 3.8) is 0 Å². The standard InChI is InChI=1S/C25H31N3O3/c1-18-4-7-22(16-19(18)2)28-11-10-23(25(28)30)24(29)26(3)17-20-5-8-21(9-6-20)27-12-14-31-15-13-27/h4-9,16,23H,10-15,17H2,1-3H3. The Balaban J connectivity index is 1.37. The molecule has 0 bridgehead atoms. The number of morpholine rings is 1. The normalized spacial score (nSPS) is 19.1. The van der Waals surface area contributed by atoms with E-state index in [1.165, 1.54) is 11.3 Å². The number of benzene rings is 2. The number of ether oxygens (including phenoxy) is 1. The molecule has 2 saturated heterocycles. The van der Waals surface area contributed by atoms with Crippen LogP contribution in [0.1, 0.15) is 23.1 Å². The van der Waals surface area contributed by atoms with Crippen molar-refractivity contribution >= 4 is 23.2 Å². The molecule has 2 amide bonds. The highest BCUT2D eigenvalue weighted by Gasteiger charge is 2.39. The Morgan fingerprint density at radius 3 is 2.35 bits per heavy atom. The summed E-state index contributed by atoms with van der Waals surface area (Å²) in [5.74, 6) is -0.796. The summed E-state index contributed by atoms with van der Waals surface area (Å²) in [5.41, 5.74) is 5.46. The molecule has 6 nitrogen and oxygen atoms in total. The maximum Gasteiger partial charge on any atom is 0.239 e. The summed E-state index contributed by atoms with van der Waals surface area (Å²) in [5, 5.41) is 0. The summed E-state index contributed by atoms with van der Waals surface area (Å²) >= 11 is 0. The molecule has 4 rings (SSSR count). The lowest BCUT2D eigenvalue weighted by atomic mass is 10.1. The SMILES string of the molecule is Cc1ccc(N2CCC(C(=O)N(C)Cc3ccc(N4CCOCC4)cc3)C2=O)cc1C. The first-order valence-electron chi connectivity index (χ1n) is 11.0. The molecule has 0 saturated carbocycles. The van der Waals surface area contributed by atoms with Gasteiger partial charge in [0, 0.05) is 44.6 Å². The number of anilines is 2. The molecule has 2 aliphatic rings. The Bertz CT molecular complexity index is 951. The Kier molecular flexibility index (Phi) is 6.28. The van der Waals surface area contributed by atoms with Crippen molar-refractivity contribution in [3.05, 3.63) is 59.2 Å². The van der Waals surface area contributed by atoms with E-state index in [1.54, 1.807) is 16.8 Å². The van der Waals surface area contributed by atoms with Crippen LogP contribution in [-0.2, 0) is 20.9 Å². The van der Waals surface area contributed by atoms with E-state index in [1.807, 2.05) is 25.1 Å². The van der Waals surface area contributed by atoms with Gasteiger partial charge in [0.05, 0.1) is 13.2 Å². The van der Waals surface area contributed by atoms with E-state index < -0.39 is 5.92 Å². The highest BCUT2D eigenvalue weighted by atomic mass is 16.5. The lowest BCUT2D eigenvalue weighted by Gasteiger charge is -2.29. The van der Waals surface area contributed by atoms with E-state index in [4.69, 9.17) is 4.74 Å². The third-order valence-electron chi connectivity index (χ3n) is 6.41. The van der Waals surface area contributed by atoms with Crippen LogP contribution < -0.4 is 9.80 Å². The molecule has 0 spiro atoms. The van der Waals surface area contributed by atoms with Crippen LogP contribution in [-0.4, -0.2) is 56.6 Å². The smallest absolute Gasteiger partial charge is 0.239 e. The van der Waals surface area contributed by atoms with Crippen LogP contribution in [0.4, 0.5) is 11.4 Å². The summed E-state index contributed by atoms with van der Waals surface area (Å²) < 4.78 is 5.41. The fourth-order valence-corrected chi connectivity index (χ4v) is 4.31. The summed E-state index contributed by atoms with van der Waals surface area (Å²) in [6, 6.07) is 14.3. The summed E-state index contributed by atoms with van der Waals surface area (Å²) in [6.45, 7) is 8.49. The summed E-state index contributed by atoms with van der Waals surface area (Å²) in [4.78, 5) is 31.7. The van der Waals surface area contributed by atoms with E-state index in [9.17, 15) is 9.59 Å². The molecular formula is C25H31N3O3. The second kappa shape index (κ2) is 9.10. The molecule has 0 aromatic heterocycles. The number of nitrogens with zero attached hydrogens (tertiary/aromatic N) is 3. The molecule has 0 N–H and O–H groups in total. The minimum atomic E-state index is -0.598. The number of hydrogen-bond donors (Lipinski definition) is 0. The highest BCUT2D eigenvalue weighted by molar-refractivity contribution is 6.09. The molecule has 0 aliphatic carbocycles. The lowest BCUT2D eigenvalue weighted by molar-refractivity contribution is -0.139. The van der Waals surface area contributed by atoms with Gasteiger partial charge in [0.2, 0.25) is 11.8 Å². The maximum atomic E-state index is 13.0. The largest absolute Gasteiger partial charge is 0.378 e. The quantitative estimate of drug-likeness (QED) is 0.696. The van der Waals surface area contributed by atoms with Crippen molar-refractivity contribution in [1.29, 1.82) is 0 Å². The fourth-order valence-electron chi connectivity index (χ4n) is 4.31. The molecule has 2 aromatic carbocycles. The third kappa shape index (κ3) is 4.59. The molecule has 2 fully saturated rings. The number of amides is 2. The van der Waals surface area contributed by atoms with Gasteiger partial charge in [-0.25, -0.2) is 0 Å². The maximum absolute atomic E-state index is 13.0. The predicted molar refractivity (Wildman–Crippen MR) is 122 cm³/mol. The average Bonchev–Trinajstić information content (AvgIpc) is 3.17. The van der Waals surface area contributed by atoms with Crippen molar-refractivity contribution in [2.24, 2.45) is 5.92 Å². The first kappa shape index (κ1) is 21.4. The van der Waals surface area contributed by atoms with Crippen LogP contribution in [0.15, 0.2) is 42.5 Å². The predicted octanol–water partition coefficient (Wildman–Crippen LogP) is 3.15. The molecule has 1 unspecified atom stereocenters. The van der Waals surface area contributed by atoms with Gasteiger partial charge >= 0.3 is 0 Å². The van der Waals surface area contributed by atoms with E-state index in [-0.39, 0.29) is 11.8 Å². The van der Waals surface area contributed by atoms with Crippen LogP contribution in [0.25, 0.3) is 0 Å². The molecule has 31 heavy (non-hydrogen) atoms. The molecular weight excluding hydrogens is 390 g/mol. The highest BCUT2D eigenvalue weighted by Crippen LogP contribution is 2.28. The van der Waals surface area contributed by atoms with Crippen molar-refractivity contribution in [3.8, 4) is 0 Å². The van der Waals surface area contributed by atoms with Gasteiger partial charge in [0.25, 0.3) is 0 Å². The molecule has 1 atom stereocenters. The number of rotatable bonds is 5. The average molecular weight is 422 g/mol. The second-order valence-electron chi connectivity index (χ2n) is 8.56. The topological polar surface area (TPSA) is 53.1 Å². The van der Waals surface area contributed by atoms with E-state index >= 15 is 0 Å². The van der Waals surface area contributed by atoms with E-state index in [0.717, 1.165) is 43.1 Å². The van der Waals surface area contributed by atoms with Gasteiger partial charge in [-0.1, -0.05) is 18.2 Å². The van der Waals surface area contributed by atoms with E-state index in [0.29, 0.717) is 19.5 Å². The zero-order chi connectivity index (χ0) is 22.0. The zero-order valence-electron chi connectivity index (χ0n) is 18.6. The first-order valence-corrected chi connectivity index (χ1v) is 11.0. The summed E-state index contributed by atoms with van der Waals surface area (Å²) in [6.07, 6.45) is 0.560. The van der Waals surface area contributed by atoms with Crippen molar-refractivity contribution in [2.45, 2.75) is 26.8 Å². The molecule has 6 heteroatoms. The van der Waals surface area contributed by atoms with Crippen LogP contribution in [0.2, 0.25) is 0 Å². The van der Waals surface area contributed by atoms with Crippen molar-refractivity contribution in [2.75, 3.05) is 49.7 Å². The fraction of sp³-hybridized carbons (Fsp3) is 0.440. The Labute approximate surface area is 184 Å². The van der Waals surface area contributed by atoms with Gasteiger partial charge in [-0.05, 0) is 61.2 Å². The van der Waals surface area contributed by atoms with Crippen LogP contribution in [0, 0.1) is 19.8 Å². The molecule has 2 aliphatic heterocycles. The van der Waals surface area contributed by atoms with Gasteiger partial charge in [0.1, 0.15) is 5.92 Å².